The van der Waals surface area contributed by atoms with E-state index in [1.807, 2.05) is 45.0 Å². The lowest BCUT2D eigenvalue weighted by Crippen LogP contribution is -2.40. The van der Waals surface area contributed by atoms with E-state index in [1.165, 1.54) is 0 Å². The molecule has 0 saturated carbocycles. The first-order chi connectivity index (χ1) is 12.9. The monoisotopic (exact) mass is 374 g/mol. The van der Waals surface area contributed by atoms with Crippen molar-refractivity contribution in [1.82, 2.24) is 25.9 Å². The number of guanidine groups is 1. The Bertz CT molecular complexity index is 730. The highest BCUT2D eigenvalue weighted by atomic mass is 16.6. The number of amides is 1. The molecule has 0 radical (unpaired) electrons. The smallest absolute Gasteiger partial charge is 0.407 e. The van der Waals surface area contributed by atoms with Crippen LogP contribution in [0.4, 0.5) is 4.79 Å². The molecule has 4 N–H and O–H groups in total. The van der Waals surface area contributed by atoms with Gasteiger partial charge in [0.05, 0.1) is 11.0 Å². The maximum atomic E-state index is 11.6. The van der Waals surface area contributed by atoms with Crippen molar-refractivity contribution in [3.8, 4) is 0 Å². The molecule has 1 amide bonds. The Balaban J connectivity index is 1.61. The molecule has 2 aromatic rings. The number of carbonyl (C=O) groups excluding carboxylic acids is 1. The van der Waals surface area contributed by atoms with E-state index in [1.54, 1.807) is 7.05 Å². The molecular weight excluding hydrogens is 344 g/mol. The van der Waals surface area contributed by atoms with Crippen LogP contribution >= 0.6 is 0 Å². The molecule has 8 nitrogen and oxygen atoms in total. The predicted molar refractivity (Wildman–Crippen MR) is 108 cm³/mol. The lowest BCUT2D eigenvalue weighted by Gasteiger charge is -2.19. The zero-order valence-electron chi connectivity index (χ0n) is 16.6. The van der Waals surface area contributed by atoms with Crippen molar-refractivity contribution in [2.24, 2.45) is 4.99 Å². The van der Waals surface area contributed by atoms with Crippen LogP contribution < -0.4 is 16.0 Å². The average molecular weight is 374 g/mol. The number of hydrogen-bond acceptors (Lipinski definition) is 4. The highest BCUT2D eigenvalue weighted by Gasteiger charge is 2.15. The fourth-order valence-electron chi connectivity index (χ4n) is 2.44. The number of fused-ring (bicyclic) bond motifs is 1. The van der Waals surface area contributed by atoms with Gasteiger partial charge in [0.1, 0.15) is 11.4 Å². The SMILES string of the molecule is CN=C(NCCCNC(=O)OC(C)(C)C)NCCc1nc2ccccc2[nH]1. The van der Waals surface area contributed by atoms with Gasteiger partial charge in [0.15, 0.2) is 5.96 Å². The first kappa shape index (κ1) is 20.5. The Labute approximate surface area is 160 Å². The van der Waals surface area contributed by atoms with Crippen molar-refractivity contribution in [3.63, 3.8) is 0 Å². The largest absolute Gasteiger partial charge is 0.444 e. The summed E-state index contributed by atoms with van der Waals surface area (Å²) >= 11 is 0. The van der Waals surface area contributed by atoms with E-state index >= 15 is 0 Å². The quantitative estimate of drug-likeness (QED) is 0.338. The molecule has 148 valence electrons. The third-order valence-electron chi connectivity index (χ3n) is 3.63. The van der Waals surface area contributed by atoms with E-state index in [4.69, 9.17) is 4.74 Å². The average Bonchev–Trinajstić information content (AvgIpc) is 3.01. The second-order valence-corrected chi connectivity index (χ2v) is 7.16. The number of hydrogen-bond donors (Lipinski definition) is 4. The molecule has 2 rings (SSSR count). The van der Waals surface area contributed by atoms with Crippen LogP contribution in [0.3, 0.4) is 0 Å². The fraction of sp³-hybridized carbons (Fsp3) is 0.526. The Morgan fingerprint density at radius 1 is 1.15 bits per heavy atom. The molecule has 0 spiro atoms. The summed E-state index contributed by atoms with van der Waals surface area (Å²) in [4.78, 5) is 23.6. The summed E-state index contributed by atoms with van der Waals surface area (Å²) in [7, 11) is 1.73. The van der Waals surface area contributed by atoms with Crippen molar-refractivity contribution in [2.75, 3.05) is 26.7 Å². The van der Waals surface area contributed by atoms with Crippen LogP contribution in [0.1, 0.15) is 33.0 Å². The predicted octanol–water partition coefficient (Wildman–Crippen LogP) is 2.19. The number of para-hydroxylation sites is 2. The minimum atomic E-state index is -0.478. The van der Waals surface area contributed by atoms with Gasteiger partial charge in [-0.3, -0.25) is 4.99 Å². The lowest BCUT2D eigenvalue weighted by molar-refractivity contribution is 0.0527. The number of aliphatic imine (C=N–C) groups is 1. The van der Waals surface area contributed by atoms with Crippen LogP contribution in [0.15, 0.2) is 29.3 Å². The van der Waals surface area contributed by atoms with Crippen LogP contribution in [0, 0.1) is 0 Å². The molecule has 0 aliphatic carbocycles. The number of ether oxygens (including phenoxy) is 1. The Hall–Kier alpha value is -2.77. The lowest BCUT2D eigenvalue weighted by atomic mass is 10.2. The van der Waals surface area contributed by atoms with E-state index < -0.39 is 11.7 Å². The second kappa shape index (κ2) is 9.80. The number of nitrogens with zero attached hydrogens (tertiary/aromatic N) is 2. The van der Waals surface area contributed by atoms with Gasteiger partial charge in [-0.2, -0.15) is 0 Å². The van der Waals surface area contributed by atoms with E-state index in [0.29, 0.717) is 13.1 Å². The normalized spacial score (nSPS) is 12.1. The van der Waals surface area contributed by atoms with Gasteiger partial charge in [0, 0.05) is 33.1 Å². The molecular formula is C19H30N6O2. The van der Waals surface area contributed by atoms with E-state index in [9.17, 15) is 4.79 Å². The van der Waals surface area contributed by atoms with Crippen molar-refractivity contribution in [3.05, 3.63) is 30.1 Å². The molecule has 0 aliphatic heterocycles. The third kappa shape index (κ3) is 7.55. The number of aromatic nitrogens is 2. The number of alkyl carbamates (subject to hydrolysis) is 1. The third-order valence-corrected chi connectivity index (χ3v) is 3.63. The molecule has 0 atom stereocenters. The van der Waals surface area contributed by atoms with Gasteiger partial charge >= 0.3 is 6.09 Å². The van der Waals surface area contributed by atoms with Gasteiger partial charge in [0.25, 0.3) is 0 Å². The van der Waals surface area contributed by atoms with Crippen LogP contribution in [0.2, 0.25) is 0 Å². The first-order valence-electron chi connectivity index (χ1n) is 9.22. The van der Waals surface area contributed by atoms with Gasteiger partial charge in [-0.05, 0) is 39.3 Å². The number of rotatable bonds is 7. The van der Waals surface area contributed by atoms with Crippen LogP contribution in [0.25, 0.3) is 11.0 Å². The molecule has 0 saturated heterocycles. The number of nitrogens with one attached hydrogen (secondary N) is 4. The van der Waals surface area contributed by atoms with Gasteiger partial charge in [0.2, 0.25) is 0 Å². The highest BCUT2D eigenvalue weighted by molar-refractivity contribution is 5.79. The number of carbonyl (C=O) groups is 1. The molecule has 0 unspecified atom stereocenters. The summed E-state index contributed by atoms with van der Waals surface area (Å²) in [6, 6.07) is 7.99. The van der Waals surface area contributed by atoms with E-state index in [0.717, 1.165) is 42.2 Å². The maximum absolute atomic E-state index is 11.6. The molecule has 0 fully saturated rings. The van der Waals surface area contributed by atoms with Crippen LogP contribution in [0.5, 0.6) is 0 Å². The van der Waals surface area contributed by atoms with Crippen molar-refractivity contribution >= 4 is 23.1 Å². The number of imidazole rings is 1. The molecule has 1 aromatic heterocycles. The summed E-state index contributed by atoms with van der Waals surface area (Å²) in [6.07, 6.45) is 1.15. The molecule has 1 heterocycles. The summed E-state index contributed by atoms with van der Waals surface area (Å²) < 4.78 is 5.19. The number of aromatic amines is 1. The van der Waals surface area contributed by atoms with Gasteiger partial charge in [-0.25, -0.2) is 9.78 Å². The van der Waals surface area contributed by atoms with E-state index in [-0.39, 0.29) is 0 Å². The Morgan fingerprint density at radius 2 is 1.85 bits per heavy atom. The minimum absolute atomic E-state index is 0.393. The Morgan fingerprint density at radius 3 is 2.56 bits per heavy atom. The van der Waals surface area contributed by atoms with Gasteiger partial charge in [-0.15, -0.1) is 0 Å². The van der Waals surface area contributed by atoms with Crippen molar-refractivity contribution < 1.29 is 9.53 Å². The van der Waals surface area contributed by atoms with Gasteiger partial charge < -0.3 is 25.7 Å². The first-order valence-corrected chi connectivity index (χ1v) is 9.22. The number of H-pyrrole nitrogens is 1. The molecule has 27 heavy (non-hydrogen) atoms. The molecule has 1 aromatic carbocycles. The van der Waals surface area contributed by atoms with Gasteiger partial charge in [-0.1, -0.05) is 12.1 Å². The Kier molecular flexibility index (Phi) is 7.45. The molecule has 8 heteroatoms. The fourth-order valence-corrected chi connectivity index (χ4v) is 2.44. The standard InChI is InChI=1S/C19H30N6O2/c1-19(2,3)27-18(26)23-12-7-11-21-17(20-4)22-13-10-16-24-14-8-5-6-9-15(14)25-16/h5-6,8-9H,7,10-13H2,1-4H3,(H,23,26)(H,24,25)(H2,20,21,22). The zero-order valence-corrected chi connectivity index (χ0v) is 16.6. The van der Waals surface area contributed by atoms with Crippen molar-refractivity contribution in [1.29, 1.82) is 0 Å². The topological polar surface area (TPSA) is 103 Å². The van der Waals surface area contributed by atoms with E-state index in [2.05, 4.69) is 30.9 Å². The minimum Gasteiger partial charge on any atom is -0.444 e. The maximum Gasteiger partial charge on any atom is 0.407 e. The summed E-state index contributed by atoms with van der Waals surface area (Å²) in [6.45, 7) is 7.48. The highest BCUT2D eigenvalue weighted by Crippen LogP contribution is 2.10. The molecule has 0 bridgehead atoms. The zero-order chi connectivity index (χ0) is 19.7. The summed E-state index contributed by atoms with van der Waals surface area (Å²) in [5, 5.41) is 9.21. The number of benzene rings is 1. The van der Waals surface area contributed by atoms with Crippen LogP contribution in [-0.4, -0.2) is 54.3 Å². The molecule has 0 aliphatic rings. The second-order valence-electron chi connectivity index (χ2n) is 7.16. The van der Waals surface area contributed by atoms with Crippen LogP contribution in [-0.2, 0) is 11.2 Å². The summed E-state index contributed by atoms with van der Waals surface area (Å²) in [5.41, 5.74) is 1.55. The summed E-state index contributed by atoms with van der Waals surface area (Å²) in [5.74, 6) is 1.67. The van der Waals surface area contributed by atoms with Crippen molar-refractivity contribution in [2.45, 2.75) is 39.2 Å².